The average molecular weight is 221 g/mol. The number of benzene rings is 1. The molecule has 0 aliphatic carbocycles. The van der Waals surface area contributed by atoms with Crippen LogP contribution in [0.4, 0.5) is 0 Å². The molecule has 2 N–H and O–H groups in total. The van der Waals surface area contributed by atoms with Crippen molar-refractivity contribution in [3.8, 4) is 5.75 Å². The van der Waals surface area contributed by atoms with Crippen LogP contribution in [-0.2, 0) is 0 Å². The van der Waals surface area contributed by atoms with Gasteiger partial charge in [-0.3, -0.25) is 0 Å². The predicted octanol–water partition coefficient (Wildman–Crippen LogP) is 3.06. The van der Waals surface area contributed by atoms with Crippen molar-refractivity contribution in [2.24, 2.45) is 11.1 Å². The van der Waals surface area contributed by atoms with Gasteiger partial charge in [0.1, 0.15) is 11.9 Å². The number of ether oxygens (including phenoxy) is 1. The van der Waals surface area contributed by atoms with Gasteiger partial charge in [0.05, 0.1) is 0 Å². The fourth-order valence-electron chi connectivity index (χ4n) is 1.58. The van der Waals surface area contributed by atoms with Crippen LogP contribution in [0.3, 0.4) is 0 Å². The Balaban J connectivity index is 2.91. The van der Waals surface area contributed by atoms with Crippen molar-refractivity contribution in [3.63, 3.8) is 0 Å². The van der Waals surface area contributed by atoms with Crippen LogP contribution in [0, 0.1) is 19.3 Å². The first kappa shape index (κ1) is 13.0. The van der Waals surface area contributed by atoms with Crippen LogP contribution in [0.2, 0.25) is 0 Å². The van der Waals surface area contributed by atoms with E-state index in [1.54, 1.807) is 0 Å². The monoisotopic (exact) mass is 221 g/mol. The van der Waals surface area contributed by atoms with Gasteiger partial charge in [0.25, 0.3) is 0 Å². The molecule has 0 aromatic heterocycles. The molecular weight excluding hydrogens is 198 g/mol. The van der Waals surface area contributed by atoms with Crippen LogP contribution in [0.25, 0.3) is 0 Å². The zero-order chi connectivity index (χ0) is 12.3. The molecule has 1 rings (SSSR count). The Morgan fingerprint density at radius 1 is 1.25 bits per heavy atom. The second-order valence-corrected chi connectivity index (χ2v) is 5.41. The zero-order valence-corrected chi connectivity index (χ0v) is 11.0. The highest BCUT2D eigenvalue weighted by Crippen LogP contribution is 2.27. The van der Waals surface area contributed by atoms with Crippen LogP contribution in [0.1, 0.15) is 31.9 Å². The molecule has 0 aliphatic rings. The maximum absolute atomic E-state index is 6.01. The summed E-state index contributed by atoms with van der Waals surface area (Å²) >= 11 is 0. The van der Waals surface area contributed by atoms with Crippen LogP contribution >= 0.6 is 0 Å². The highest BCUT2D eigenvalue weighted by Gasteiger charge is 2.25. The molecular formula is C14H23NO. The minimum absolute atomic E-state index is 0.0491. The number of rotatable bonds is 3. The summed E-state index contributed by atoms with van der Waals surface area (Å²) in [4.78, 5) is 0. The molecule has 1 unspecified atom stereocenters. The van der Waals surface area contributed by atoms with E-state index in [0.29, 0.717) is 6.54 Å². The molecule has 2 nitrogen and oxygen atoms in total. The Hall–Kier alpha value is -1.02. The third kappa shape index (κ3) is 2.99. The summed E-state index contributed by atoms with van der Waals surface area (Å²) in [5, 5.41) is 0. The lowest BCUT2D eigenvalue weighted by molar-refractivity contribution is 0.0934. The van der Waals surface area contributed by atoms with Crippen LogP contribution in [0.5, 0.6) is 5.75 Å². The van der Waals surface area contributed by atoms with Gasteiger partial charge in [-0.1, -0.05) is 32.9 Å². The molecule has 0 aliphatic heterocycles. The van der Waals surface area contributed by atoms with Crippen molar-refractivity contribution in [3.05, 3.63) is 29.3 Å². The lowest BCUT2D eigenvalue weighted by Gasteiger charge is -2.30. The Labute approximate surface area is 98.8 Å². The van der Waals surface area contributed by atoms with E-state index in [2.05, 4.69) is 40.7 Å². The first-order valence-corrected chi connectivity index (χ1v) is 5.79. The van der Waals surface area contributed by atoms with Crippen molar-refractivity contribution in [1.29, 1.82) is 0 Å². The highest BCUT2D eigenvalue weighted by molar-refractivity contribution is 5.38. The van der Waals surface area contributed by atoms with E-state index in [-0.39, 0.29) is 11.5 Å². The zero-order valence-electron chi connectivity index (χ0n) is 11.0. The Morgan fingerprint density at radius 3 is 2.38 bits per heavy atom. The molecule has 0 heterocycles. The smallest absolute Gasteiger partial charge is 0.122 e. The molecule has 0 radical (unpaired) electrons. The van der Waals surface area contributed by atoms with Gasteiger partial charge >= 0.3 is 0 Å². The third-order valence-corrected chi connectivity index (χ3v) is 3.00. The molecule has 2 heteroatoms. The Kier molecular flexibility index (Phi) is 3.98. The summed E-state index contributed by atoms with van der Waals surface area (Å²) in [7, 11) is 0. The molecule has 1 aromatic carbocycles. The minimum Gasteiger partial charge on any atom is -0.488 e. The van der Waals surface area contributed by atoms with Crippen LogP contribution < -0.4 is 10.5 Å². The molecule has 16 heavy (non-hydrogen) atoms. The maximum atomic E-state index is 6.01. The molecule has 1 atom stereocenters. The maximum Gasteiger partial charge on any atom is 0.122 e. The van der Waals surface area contributed by atoms with E-state index in [9.17, 15) is 0 Å². The molecule has 90 valence electrons. The van der Waals surface area contributed by atoms with Crippen molar-refractivity contribution in [2.75, 3.05) is 6.54 Å². The van der Waals surface area contributed by atoms with E-state index >= 15 is 0 Å². The summed E-state index contributed by atoms with van der Waals surface area (Å²) < 4.78 is 6.01. The largest absolute Gasteiger partial charge is 0.488 e. The lowest BCUT2D eigenvalue weighted by atomic mass is 9.89. The topological polar surface area (TPSA) is 35.2 Å². The highest BCUT2D eigenvalue weighted by atomic mass is 16.5. The second-order valence-electron chi connectivity index (χ2n) is 5.41. The van der Waals surface area contributed by atoms with E-state index < -0.39 is 0 Å². The predicted molar refractivity (Wildman–Crippen MR) is 68.8 cm³/mol. The third-order valence-electron chi connectivity index (χ3n) is 3.00. The summed E-state index contributed by atoms with van der Waals surface area (Å²) in [6.07, 6.45) is 0.0491. The standard InChI is InChI=1S/C14H23NO/c1-10-7-6-8-12(11(10)2)16-13(9-15)14(3,4)5/h6-8,13H,9,15H2,1-5H3. The van der Waals surface area contributed by atoms with Gasteiger partial charge in [0, 0.05) is 12.0 Å². The summed E-state index contributed by atoms with van der Waals surface area (Å²) in [6.45, 7) is 11.2. The second kappa shape index (κ2) is 4.88. The molecule has 1 aromatic rings. The van der Waals surface area contributed by atoms with Crippen LogP contribution in [-0.4, -0.2) is 12.6 Å². The van der Waals surface area contributed by atoms with Gasteiger partial charge in [-0.25, -0.2) is 0 Å². The molecule has 0 amide bonds. The van der Waals surface area contributed by atoms with Crippen molar-refractivity contribution in [1.82, 2.24) is 0 Å². The van der Waals surface area contributed by atoms with Gasteiger partial charge in [0.15, 0.2) is 0 Å². The quantitative estimate of drug-likeness (QED) is 0.851. The van der Waals surface area contributed by atoms with Crippen LogP contribution in [0.15, 0.2) is 18.2 Å². The Bertz CT molecular complexity index is 352. The molecule has 0 saturated carbocycles. The van der Waals surface area contributed by atoms with Crippen molar-refractivity contribution >= 4 is 0 Å². The molecule has 0 fully saturated rings. The number of aryl methyl sites for hydroxylation is 1. The van der Waals surface area contributed by atoms with Gasteiger partial charge in [0.2, 0.25) is 0 Å². The number of nitrogens with two attached hydrogens (primary N) is 1. The fourth-order valence-corrected chi connectivity index (χ4v) is 1.58. The minimum atomic E-state index is 0.0491. The van der Waals surface area contributed by atoms with E-state index in [1.807, 2.05) is 12.1 Å². The lowest BCUT2D eigenvalue weighted by Crippen LogP contribution is -2.38. The summed E-state index contributed by atoms with van der Waals surface area (Å²) in [5.41, 5.74) is 8.28. The van der Waals surface area contributed by atoms with Gasteiger partial charge < -0.3 is 10.5 Å². The van der Waals surface area contributed by atoms with E-state index in [0.717, 1.165) is 5.75 Å². The molecule has 0 saturated heterocycles. The SMILES string of the molecule is Cc1cccc(OC(CN)C(C)(C)C)c1C. The molecule has 0 spiro atoms. The van der Waals surface area contributed by atoms with Crippen molar-refractivity contribution < 1.29 is 4.74 Å². The van der Waals surface area contributed by atoms with Gasteiger partial charge in [-0.15, -0.1) is 0 Å². The number of hydrogen-bond donors (Lipinski definition) is 1. The van der Waals surface area contributed by atoms with Crippen molar-refractivity contribution in [2.45, 2.75) is 40.7 Å². The van der Waals surface area contributed by atoms with Gasteiger partial charge in [-0.2, -0.15) is 0 Å². The first-order valence-electron chi connectivity index (χ1n) is 5.79. The van der Waals surface area contributed by atoms with Gasteiger partial charge in [-0.05, 0) is 31.0 Å². The number of hydrogen-bond acceptors (Lipinski definition) is 2. The molecule has 0 bridgehead atoms. The fraction of sp³-hybridized carbons (Fsp3) is 0.571. The normalized spacial score (nSPS) is 13.6. The average Bonchev–Trinajstić information content (AvgIpc) is 2.18. The summed E-state index contributed by atoms with van der Waals surface area (Å²) in [5.74, 6) is 0.949. The van der Waals surface area contributed by atoms with E-state index in [1.165, 1.54) is 11.1 Å². The summed E-state index contributed by atoms with van der Waals surface area (Å²) in [6, 6.07) is 6.13. The first-order chi connectivity index (χ1) is 7.36. The van der Waals surface area contributed by atoms with E-state index in [4.69, 9.17) is 10.5 Å². The Morgan fingerprint density at radius 2 is 1.88 bits per heavy atom.